The Labute approximate surface area is 129 Å². The Morgan fingerprint density at radius 3 is 2.62 bits per heavy atom. The summed E-state index contributed by atoms with van der Waals surface area (Å²) in [4.78, 5) is 2.46. The summed E-state index contributed by atoms with van der Waals surface area (Å²) < 4.78 is 11.0. The predicted octanol–water partition coefficient (Wildman–Crippen LogP) is 2.66. The molecule has 4 heteroatoms. The van der Waals surface area contributed by atoms with Crippen molar-refractivity contribution in [2.75, 3.05) is 33.4 Å². The van der Waals surface area contributed by atoms with Gasteiger partial charge < -0.3 is 15.2 Å². The van der Waals surface area contributed by atoms with E-state index in [-0.39, 0.29) is 0 Å². The molecule has 2 N–H and O–H groups in total. The van der Waals surface area contributed by atoms with Gasteiger partial charge in [0.05, 0.1) is 13.2 Å². The molecule has 1 rings (SSSR count). The van der Waals surface area contributed by atoms with Gasteiger partial charge in [0.1, 0.15) is 5.75 Å². The van der Waals surface area contributed by atoms with E-state index in [2.05, 4.69) is 18.7 Å². The summed E-state index contributed by atoms with van der Waals surface area (Å²) in [5.41, 5.74) is 6.78. The molecule has 0 aromatic heterocycles. The fourth-order valence-electron chi connectivity index (χ4n) is 2.28. The van der Waals surface area contributed by atoms with Gasteiger partial charge in [-0.3, -0.25) is 4.90 Å². The molecule has 0 aliphatic heterocycles. The molecule has 0 bridgehead atoms. The van der Waals surface area contributed by atoms with E-state index in [0.717, 1.165) is 50.5 Å². The number of nitrogens with zero attached hydrogens (tertiary/aromatic N) is 1. The van der Waals surface area contributed by atoms with Gasteiger partial charge in [-0.05, 0) is 25.8 Å². The quantitative estimate of drug-likeness (QED) is 0.637. The maximum atomic E-state index is 5.86. The van der Waals surface area contributed by atoms with Crippen molar-refractivity contribution in [3.63, 3.8) is 0 Å². The molecule has 0 aliphatic rings. The lowest BCUT2D eigenvalue weighted by Gasteiger charge is -2.28. The lowest BCUT2D eigenvalue weighted by Crippen LogP contribution is -2.36. The fraction of sp³-hybridized carbons (Fsp3) is 0.647. The van der Waals surface area contributed by atoms with Gasteiger partial charge in [-0.25, -0.2) is 0 Å². The summed E-state index contributed by atoms with van der Waals surface area (Å²) in [5, 5.41) is 0. The van der Waals surface area contributed by atoms with Crippen LogP contribution in [0.25, 0.3) is 0 Å². The van der Waals surface area contributed by atoms with Crippen molar-refractivity contribution in [3.05, 3.63) is 29.8 Å². The van der Waals surface area contributed by atoms with E-state index in [9.17, 15) is 0 Å². The Bertz CT molecular complexity index is 385. The lowest BCUT2D eigenvalue weighted by atomic mass is 10.2. The standard InChI is InChI=1S/C17H30N2O2/c1-4-15(2)19(11-13-20-3)10-7-12-21-17-9-6-5-8-16(17)14-18/h5-6,8-9,15H,4,7,10-14,18H2,1-3H3. The Morgan fingerprint density at radius 2 is 1.95 bits per heavy atom. The van der Waals surface area contributed by atoms with Crippen molar-refractivity contribution in [1.82, 2.24) is 4.90 Å². The number of benzene rings is 1. The van der Waals surface area contributed by atoms with Crippen LogP contribution in [0.4, 0.5) is 0 Å². The minimum absolute atomic E-state index is 0.517. The number of para-hydroxylation sites is 1. The third kappa shape index (κ3) is 6.46. The fourth-order valence-corrected chi connectivity index (χ4v) is 2.28. The molecule has 0 heterocycles. The highest BCUT2D eigenvalue weighted by atomic mass is 16.5. The molecule has 0 aliphatic carbocycles. The first-order valence-electron chi connectivity index (χ1n) is 7.86. The van der Waals surface area contributed by atoms with Crippen LogP contribution in [0.3, 0.4) is 0 Å². The van der Waals surface area contributed by atoms with Crippen LogP contribution in [0, 0.1) is 0 Å². The molecule has 120 valence electrons. The molecule has 4 nitrogen and oxygen atoms in total. The Balaban J connectivity index is 2.36. The smallest absolute Gasteiger partial charge is 0.123 e. The van der Waals surface area contributed by atoms with Gasteiger partial charge in [-0.15, -0.1) is 0 Å². The Morgan fingerprint density at radius 1 is 1.19 bits per heavy atom. The van der Waals surface area contributed by atoms with Crippen LogP contribution in [0.5, 0.6) is 5.75 Å². The molecule has 0 amide bonds. The van der Waals surface area contributed by atoms with Crippen molar-refractivity contribution in [1.29, 1.82) is 0 Å². The highest BCUT2D eigenvalue weighted by molar-refractivity contribution is 5.32. The van der Waals surface area contributed by atoms with Crippen molar-refractivity contribution >= 4 is 0 Å². The maximum Gasteiger partial charge on any atom is 0.123 e. The van der Waals surface area contributed by atoms with Gasteiger partial charge >= 0.3 is 0 Å². The van der Waals surface area contributed by atoms with Crippen LogP contribution in [0.1, 0.15) is 32.3 Å². The van der Waals surface area contributed by atoms with Crippen LogP contribution in [0.15, 0.2) is 24.3 Å². The second-order valence-electron chi connectivity index (χ2n) is 5.30. The normalized spacial score (nSPS) is 12.6. The topological polar surface area (TPSA) is 47.7 Å². The van der Waals surface area contributed by atoms with Gasteiger partial charge in [0.15, 0.2) is 0 Å². The van der Waals surface area contributed by atoms with E-state index in [4.69, 9.17) is 15.2 Å². The van der Waals surface area contributed by atoms with Crippen molar-refractivity contribution in [2.24, 2.45) is 5.73 Å². The molecule has 0 saturated heterocycles. The molecule has 1 aromatic carbocycles. The Kier molecular flexibility index (Phi) is 9.06. The first-order chi connectivity index (χ1) is 10.2. The second kappa shape index (κ2) is 10.6. The van der Waals surface area contributed by atoms with Gasteiger partial charge in [0.2, 0.25) is 0 Å². The highest BCUT2D eigenvalue weighted by Crippen LogP contribution is 2.17. The van der Waals surface area contributed by atoms with Crippen LogP contribution >= 0.6 is 0 Å². The molecule has 1 unspecified atom stereocenters. The van der Waals surface area contributed by atoms with Crippen LogP contribution in [-0.2, 0) is 11.3 Å². The average Bonchev–Trinajstić information content (AvgIpc) is 2.53. The molecule has 0 spiro atoms. The van der Waals surface area contributed by atoms with E-state index in [1.54, 1.807) is 7.11 Å². The Hall–Kier alpha value is -1.10. The molecule has 1 aromatic rings. The van der Waals surface area contributed by atoms with Gasteiger partial charge in [0, 0.05) is 38.3 Å². The predicted molar refractivity (Wildman–Crippen MR) is 87.6 cm³/mol. The number of methoxy groups -OCH3 is 1. The van der Waals surface area contributed by atoms with Crippen molar-refractivity contribution in [2.45, 2.75) is 39.3 Å². The monoisotopic (exact) mass is 294 g/mol. The third-order valence-corrected chi connectivity index (χ3v) is 3.84. The van der Waals surface area contributed by atoms with Gasteiger partial charge in [-0.1, -0.05) is 25.1 Å². The van der Waals surface area contributed by atoms with Gasteiger partial charge in [0.25, 0.3) is 0 Å². The number of nitrogens with two attached hydrogens (primary N) is 1. The molecule has 21 heavy (non-hydrogen) atoms. The van der Waals surface area contributed by atoms with Crippen LogP contribution < -0.4 is 10.5 Å². The maximum absolute atomic E-state index is 5.86. The van der Waals surface area contributed by atoms with Crippen molar-refractivity contribution < 1.29 is 9.47 Å². The summed E-state index contributed by atoms with van der Waals surface area (Å²) in [7, 11) is 1.75. The van der Waals surface area contributed by atoms with E-state index in [1.165, 1.54) is 0 Å². The zero-order chi connectivity index (χ0) is 15.5. The minimum atomic E-state index is 0.517. The first kappa shape index (κ1) is 18.0. The van der Waals surface area contributed by atoms with E-state index in [0.29, 0.717) is 12.6 Å². The van der Waals surface area contributed by atoms with E-state index >= 15 is 0 Å². The average molecular weight is 294 g/mol. The minimum Gasteiger partial charge on any atom is -0.493 e. The summed E-state index contributed by atoms with van der Waals surface area (Å²) in [6.45, 7) is 8.51. The van der Waals surface area contributed by atoms with E-state index < -0.39 is 0 Å². The van der Waals surface area contributed by atoms with Crippen LogP contribution in [0.2, 0.25) is 0 Å². The molecular weight excluding hydrogens is 264 g/mol. The number of ether oxygens (including phenoxy) is 2. The summed E-state index contributed by atoms with van der Waals surface area (Å²) >= 11 is 0. The molecule has 0 fully saturated rings. The SMILES string of the molecule is CCC(C)N(CCCOc1ccccc1CN)CCOC. The number of hydrogen-bond acceptors (Lipinski definition) is 4. The molecular formula is C17H30N2O2. The van der Waals surface area contributed by atoms with Gasteiger partial charge in [-0.2, -0.15) is 0 Å². The summed E-state index contributed by atoms with van der Waals surface area (Å²) in [6, 6.07) is 8.55. The molecule has 0 saturated carbocycles. The lowest BCUT2D eigenvalue weighted by molar-refractivity contribution is 0.117. The number of hydrogen-bond donors (Lipinski definition) is 1. The second-order valence-corrected chi connectivity index (χ2v) is 5.30. The summed E-state index contributed by atoms with van der Waals surface area (Å²) in [5.74, 6) is 0.909. The summed E-state index contributed by atoms with van der Waals surface area (Å²) in [6.07, 6.45) is 2.16. The number of rotatable bonds is 11. The van der Waals surface area contributed by atoms with Crippen LogP contribution in [-0.4, -0.2) is 44.4 Å². The zero-order valence-electron chi connectivity index (χ0n) is 13.7. The largest absolute Gasteiger partial charge is 0.493 e. The first-order valence-corrected chi connectivity index (χ1v) is 7.86. The molecule has 0 radical (unpaired) electrons. The zero-order valence-corrected chi connectivity index (χ0v) is 13.7. The van der Waals surface area contributed by atoms with Crippen molar-refractivity contribution in [3.8, 4) is 5.75 Å². The third-order valence-electron chi connectivity index (χ3n) is 3.84. The molecule has 1 atom stereocenters. The van der Waals surface area contributed by atoms with E-state index in [1.807, 2.05) is 24.3 Å². The highest BCUT2D eigenvalue weighted by Gasteiger charge is 2.11.